The molecule has 1 aromatic heterocycles. The number of hydrogen-bond donors (Lipinski definition) is 1. The standard InChI is InChI=1S/C22H20N4O6S/c1-31-19-9-17(18(26(29)30)10-20(19)32-11-15-12-33-13-23-15)22(28)24-14-4-6-16(7-5-14)25-8-2-3-21(25)27/h4-7,9-10,12-13H,2-3,8,11H2,1H3,(H,24,28). The van der Waals surface area contributed by atoms with Crippen LogP contribution in [0.3, 0.4) is 0 Å². The molecule has 1 aliphatic heterocycles. The summed E-state index contributed by atoms with van der Waals surface area (Å²) in [5, 5.41) is 16.1. The SMILES string of the molecule is COc1cc(C(=O)Nc2ccc(N3CCCC3=O)cc2)c([N+](=O)[O-])cc1OCc1cscn1. The molecule has 4 rings (SSSR count). The third-order valence-electron chi connectivity index (χ3n) is 5.09. The number of amides is 2. The van der Waals surface area contributed by atoms with Gasteiger partial charge >= 0.3 is 0 Å². The van der Waals surface area contributed by atoms with Gasteiger partial charge in [0.1, 0.15) is 12.2 Å². The van der Waals surface area contributed by atoms with Crippen molar-refractivity contribution < 1.29 is 24.0 Å². The number of carbonyl (C=O) groups excluding carboxylic acids is 2. The molecule has 1 fully saturated rings. The minimum Gasteiger partial charge on any atom is -0.493 e. The van der Waals surface area contributed by atoms with Crippen molar-refractivity contribution in [3.8, 4) is 11.5 Å². The molecule has 0 spiro atoms. The Morgan fingerprint density at radius 3 is 2.67 bits per heavy atom. The minimum atomic E-state index is -0.670. The normalized spacial score (nSPS) is 13.1. The predicted molar refractivity (Wildman–Crippen MR) is 122 cm³/mol. The Bertz CT molecular complexity index is 1180. The fraction of sp³-hybridized carbons (Fsp3) is 0.227. The number of nitro benzene ring substituents is 1. The number of anilines is 2. The van der Waals surface area contributed by atoms with Crippen molar-refractivity contribution >= 4 is 40.2 Å². The van der Waals surface area contributed by atoms with E-state index in [9.17, 15) is 19.7 Å². The van der Waals surface area contributed by atoms with Crippen LogP contribution in [0.15, 0.2) is 47.3 Å². The highest BCUT2D eigenvalue weighted by molar-refractivity contribution is 7.07. The number of hydrogen-bond acceptors (Lipinski definition) is 8. The van der Waals surface area contributed by atoms with Crippen molar-refractivity contribution in [1.82, 2.24) is 4.98 Å². The molecule has 0 unspecified atom stereocenters. The van der Waals surface area contributed by atoms with Gasteiger partial charge in [0.25, 0.3) is 11.6 Å². The lowest BCUT2D eigenvalue weighted by Crippen LogP contribution is -2.23. The molecule has 33 heavy (non-hydrogen) atoms. The van der Waals surface area contributed by atoms with Gasteiger partial charge in [-0.2, -0.15) is 0 Å². The average molecular weight is 468 g/mol. The summed E-state index contributed by atoms with van der Waals surface area (Å²) in [6, 6.07) is 9.19. The summed E-state index contributed by atoms with van der Waals surface area (Å²) in [5.74, 6) is -0.292. The van der Waals surface area contributed by atoms with Crippen LogP contribution in [-0.4, -0.2) is 35.4 Å². The molecular formula is C22H20N4O6S. The van der Waals surface area contributed by atoms with Gasteiger partial charge in [-0.3, -0.25) is 19.7 Å². The van der Waals surface area contributed by atoms with Gasteiger partial charge < -0.3 is 19.7 Å². The summed E-state index contributed by atoms with van der Waals surface area (Å²) in [5.41, 5.74) is 2.92. The van der Waals surface area contributed by atoms with Crippen molar-refractivity contribution in [2.24, 2.45) is 0 Å². The minimum absolute atomic E-state index is 0.0617. The van der Waals surface area contributed by atoms with E-state index in [-0.39, 0.29) is 29.6 Å². The van der Waals surface area contributed by atoms with Gasteiger partial charge in [-0.05, 0) is 30.7 Å². The average Bonchev–Trinajstić information content (AvgIpc) is 3.49. The fourth-order valence-corrected chi connectivity index (χ4v) is 4.00. The van der Waals surface area contributed by atoms with E-state index in [1.54, 1.807) is 40.1 Å². The molecule has 11 heteroatoms. The smallest absolute Gasteiger partial charge is 0.286 e. The van der Waals surface area contributed by atoms with Gasteiger partial charge in [0.2, 0.25) is 5.91 Å². The largest absolute Gasteiger partial charge is 0.493 e. The highest BCUT2D eigenvalue weighted by atomic mass is 32.1. The van der Waals surface area contributed by atoms with Crippen LogP contribution in [0.4, 0.5) is 17.1 Å². The zero-order chi connectivity index (χ0) is 23.4. The third kappa shape index (κ3) is 4.93. The molecule has 2 heterocycles. The molecule has 0 aliphatic carbocycles. The maximum Gasteiger partial charge on any atom is 0.286 e. The van der Waals surface area contributed by atoms with E-state index in [4.69, 9.17) is 9.47 Å². The molecule has 1 aliphatic rings. The summed E-state index contributed by atoms with van der Waals surface area (Å²) in [4.78, 5) is 41.6. The van der Waals surface area contributed by atoms with Gasteiger partial charge in [0, 0.05) is 35.8 Å². The van der Waals surface area contributed by atoms with Crippen molar-refractivity contribution in [3.63, 3.8) is 0 Å². The molecule has 1 saturated heterocycles. The molecule has 0 bridgehead atoms. The number of ether oxygens (including phenoxy) is 2. The molecule has 0 saturated carbocycles. The van der Waals surface area contributed by atoms with Crippen molar-refractivity contribution in [2.75, 3.05) is 23.9 Å². The second-order valence-corrected chi connectivity index (χ2v) is 7.91. The first-order valence-electron chi connectivity index (χ1n) is 10.0. The number of methoxy groups -OCH3 is 1. The summed E-state index contributed by atoms with van der Waals surface area (Å²) in [7, 11) is 1.39. The van der Waals surface area contributed by atoms with Crippen LogP contribution in [0.5, 0.6) is 11.5 Å². The maximum atomic E-state index is 12.9. The molecule has 2 amide bonds. The Morgan fingerprint density at radius 1 is 1.27 bits per heavy atom. The quantitative estimate of drug-likeness (QED) is 0.391. The number of carbonyl (C=O) groups is 2. The first kappa shape index (κ1) is 22.2. The number of benzene rings is 2. The first-order valence-corrected chi connectivity index (χ1v) is 11.0. The Hall–Kier alpha value is -3.99. The fourth-order valence-electron chi connectivity index (χ4n) is 3.46. The van der Waals surface area contributed by atoms with E-state index in [2.05, 4.69) is 10.3 Å². The number of rotatable bonds is 8. The van der Waals surface area contributed by atoms with E-state index >= 15 is 0 Å². The van der Waals surface area contributed by atoms with Crippen molar-refractivity contribution in [1.29, 1.82) is 0 Å². The zero-order valence-electron chi connectivity index (χ0n) is 17.6. The molecule has 10 nitrogen and oxygen atoms in total. The van der Waals surface area contributed by atoms with Gasteiger partial charge in [-0.1, -0.05) is 0 Å². The lowest BCUT2D eigenvalue weighted by atomic mass is 10.1. The predicted octanol–water partition coefficient (Wildman–Crippen LogP) is 4.02. The molecule has 3 aromatic rings. The lowest BCUT2D eigenvalue weighted by Gasteiger charge is -2.16. The van der Waals surface area contributed by atoms with Crippen LogP contribution in [0.1, 0.15) is 28.9 Å². The molecule has 1 N–H and O–H groups in total. The number of aromatic nitrogens is 1. The van der Waals surface area contributed by atoms with Crippen molar-refractivity contribution in [2.45, 2.75) is 19.4 Å². The number of nitrogens with zero attached hydrogens (tertiary/aromatic N) is 3. The highest BCUT2D eigenvalue weighted by Gasteiger charge is 2.26. The molecule has 170 valence electrons. The Labute approximate surface area is 192 Å². The summed E-state index contributed by atoms with van der Waals surface area (Å²) < 4.78 is 10.9. The van der Waals surface area contributed by atoms with E-state index < -0.39 is 16.5 Å². The van der Waals surface area contributed by atoms with Gasteiger partial charge in [0.05, 0.1) is 29.3 Å². The summed E-state index contributed by atoms with van der Waals surface area (Å²) >= 11 is 1.41. The van der Waals surface area contributed by atoms with Gasteiger partial charge in [0.15, 0.2) is 11.5 Å². The lowest BCUT2D eigenvalue weighted by molar-refractivity contribution is -0.385. The zero-order valence-corrected chi connectivity index (χ0v) is 18.5. The van der Waals surface area contributed by atoms with Crippen molar-refractivity contribution in [3.05, 3.63) is 68.7 Å². The monoisotopic (exact) mass is 468 g/mol. The maximum absolute atomic E-state index is 12.9. The third-order valence-corrected chi connectivity index (χ3v) is 5.73. The second-order valence-electron chi connectivity index (χ2n) is 7.20. The van der Waals surface area contributed by atoms with E-state index in [0.29, 0.717) is 24.3 Å². The van der Waals surface area contributed by atoms with Gasteiger partial charge in [-0.15, -0.1) is 11.3 Å². The number of nitrogens with one attached hydrogen (secondary N) is 1. The second kappa shape index (κ2) is 9.65. The molecule has 0 radical (unpaired) electrons. The molecular weight excluding hydrogens is 448 g/mol. The van der Waals surface area contributed by atoms with Crippen LogP contribution >= 0.6 is 11.3 Å². The topological polar surface area (TPSA) is 124 Å². The van der Waals surface area contributed by atoms with Gasteiger partial charge in [-0.25, -0.2) is 4.98 Å². The Kier molecular flexibility index (Phi) is 6.50. The molecule has 2 aromatic carbocycles. The Balaban J connectivity index is 1.54. The summed E-state index contributed by atoms with van der Waals surface area (Å²) in [6.45, 7) is 0.766. The van der Waals surface area contributed by atoms with E-state index in [1.807, 2.05) is 0 Å². The molecule has 0 atom stereocenters. The van der Waals surface area contributed by atoms with E-state index in [1.165, 1.54) is 30.6 Å². The highest BCUT2D eigenvalue weighted by Crippen LogP contribution is 2.36. The Morgan fingerprint density at radius 2 is 2.06 bits per heavy atom. The number of thiazole rings is 1. The van der Waals surface area contributed by atoms with Crippen LogP contribution in [0, 0.1) is 10.1 Å². The first-order chi connectivity index (χ1) is 16.0. The van der Waals surface area contributed by atoms with Crippen LogP contribution < -0.4 is 19.7 Å². The van der Waals surface area contributed by atoms with Crippen LogP contribution in [-0.2, 0) is 11.4 Å². The van der Waals surface area contributed by atoms with Crippen LogP contribution in [0.25, 0.3) is 0 Å². The van der Waals surface area contributed by atoms with Crippen LogP contribution in [0.2, 0.25) is 0 Å². The summed E-state index contributed by atoms with van der Waals surface area (Å²) in [6.07, 6.45) is 1.33. The van der Waals surface area contributed by atoms with E-state index in [0.717, 1.165) is 12.1 Å². The number of nitro groups is 1.